The Bertz CT molecular complexity index is 1140. The molecule has 3 rings (SSSR count). The Kier molecular flexibility index (Phi) is 8.52. The molecule has 2 aromatic carbocycles. The number of carbonyl (C=O) groups is 2. The third kappa shape index (κ3) is 6.57. The maximum absolute atomic E-state index is 12.6. The van der Waals surface area contributed by atoms with Crippen molar-refractivity contribution in [1.82, 2.24) is 20.1 Å². The molecule has 0 fully saturated rings. The molecule has 0 radical (unpaired) electrons. The highest BCUT2D eigenvalue weighted by molar-refractivity contribution is 14.1. The Balaban J connectivity index is 1.60. The van der Waals surface area contributed by atoms with Gasteiger partial charge in [0.15, 0.2) is 11.0 Å². The first-order chi connectivity index (χ1) is 15.7. The van der Waals surface area contributed by atoms with E-state index in [2.05, 4.69) is 63.3 Å². The van der Waals surface area contributed by atoms with Gasteiger partial charge in [0.25, 0.3) is 5.91 Å². The van der Waals surface area contributed by atoms with E-state index in [9.17, 15) is 9.59 Å². The number of aryl methyl sites for hydroxylation is 1. The van der Waals surface area contributed by atoms with Gasteiger partial charge in [-0.15, -0.1) is 10.2 Å². The van der Waals surface area contributed by atoms with Gasteiger partial charge < -0.3 is 15.2 Å². The summed E-state index contributed by atoms with van der Waals surface area (Å²) in [5, 5.41) is 15.0. The van der Waals surface area contributed by atoms with Crippen LogP contribution in [0.3, 0.4) is 0 Å². The summed E-state index contributed by atoms with van der Waals surface area (Å²) in [5.74, 6) is 0.865. The molecule has 0 bridgehead atoms. The highest BCUT2D eigenvalue weighted by Crippen LogP contribution is 2.27. The molecule has 7 nitrogen and oxygen atoms in total. The summed E-state index contributed by atoms with van der Waals surface area (Å²) >= 11 is 3.59. The Hall–Kier alpha value is -2.40. The van der Waals surface area contributed by atoms with Gasteiger partial charge in [-0.3, -0.25) is 9.59 Å². The van der Waals surface area contributed by atoms with Crippen molar-refractivity contribution in [3.8, 4) is 0 Å². The molecular weight excluding hydrogens is 549 g/mol. The molecule has 1 heterocycles. The van der Waals surface area contributed by atoms with Crippen LogP contribution in [0.1, 0.15) is 60.0 Å². The van der Waals surface area contributed by atoms with E-state index in [0.29, 0.717) is 22.5 Å². The Morgan fingerprint density at radius 1 is 1.09 bits per heavy atom. The van der Waals surface area contributed by atoms with E-state index in [1.54, 1.807) is 12.1 Å². The summed E-state index contributed by atoms with van der Waals surface area (Å²) in [4.78, 5) is 25.1. The maximum atomic E-state index is 12.6. The number of benzene rings is 2. The molecule has 0 unspecified atom stereocenters. The smallest absolute Gasteiger partial charge is 0.251 e. The fourth-order valence-corrected chi connectivity index (χ4v) is 4.55. The molecule has 0 saturated heterocycles. The van der Waals surface area contributed by atoms with Crippen molar-refractivity contribution in [3.63, 3.8) is 0 Å². The number of hydrogen-bond acceptors (Lipinski definition) is 5. The van der Waals surface area contributed by atoms with Crippen LogP contribution in [0.2, 0.25) is 0 Å². The molecule has 1 atom stereocenters. The number of anilines is 1. The summed E-state index contributed by atoms with van der Waals surface area (Å²) in [5.41, 5.74) is 3.64. The fourth-order valence-electron chi connectivity index (χ4n) is 3.32. The molecule has 174 valence electrons. The van der Waals surface area contributed by atoms with Crippen molar-refractivity contribution >= 4 is 51.9 Å². The maximum Gasteiger partial charge on any atom is 0.251 e. The summed E-state index contributed by atoms with van der Waals surface area (Å²) in [6, 6.07) is 13.1. The lowest BCUT2D eigenvalue weighted by atomic mass is 10.0. The van der Waals surface area contributed by atoms with Crippen LogP contribution in [0.15, 0.2) is 47.6 Å². The number of carbonyl (C=O) groups excluding carboxylic acids is 2. The summed E-state index contributed by atoms with van der Waals surface area (Å²) < 4.78 is 2.95. The Morgan fingerprint density at radius 2 is 1.79 bits per heavy atom. The summed E-state index contributed by atoms with van der Waals surface area (Å²) in [6.45, 7) is 8.06. The van der Waals surface area contributed by atoms with E-state index in [0.717, 1.165) is 20.4 Å². The molecule has 3 aromatic rings. The van der Waals surface area contributed by atoms with E-state index in [1.807, 2.05) is 49.7 Å². The van der Waals surface area contributed by atoms with Gasteiger partial charge >= 0.3 is 0 Å². The second-order valence-electron chi connectivity index (χ2n) is 8.18. The molecule has 2 N–H and O–H groups in total. The van der Waals surface area contributed by atoms with Gasteiger partial charge in [-0.25, -0.2) is 0 Å². The predicted molar refractivity (Wildman–Crippen MR) is 141 cm³/mol. The topological polar surface area (TPSA) is 88.9 Å². The van der Waals surface area contributed by atoms with E-state index in [4.69, 9.17) is 0 Å². The first-order valence-electron chi connectivity index (χ1n) is 10.6. The van der Waals surface area contributed by atoms with E-state index < -0.39 is 0 Å². The van der Waals surface area contributed by atoms with Gasteiger partial charge in [0.05, 0.1) is 11.8 Å². The van der Waals surface area contributed by atoms with Crippen LogP contribution >= 0.6 is 34.4 Å². The number of rotatable bonds is 8. The standard InChI is InChI=1S/C24H28IN5O2S/c1-14(2)19-12-18(25)10-11-20(19)27-21(31)13-33-24-29-28-22(30(24)5)16(4)26-23(32)17-8-6-15(3)7-9-17/h6-12,14,16H,13H2,1-5H3,(H,26,32)(H,27,31)/t16-/m1/s1. The first-order valence-corrected chi connectivity index (χ1v) is 12.7. The lowest BCUT2D eigenvalue weighted by Gasteiger charge is -2.15. The van der Waals surface area contributed by atoms with Crippen molar-refractivity contribution in [2.45, 2.75) is 44.8 Å². The average Bonchev–Trinajstić information content (AvgIpc) is 3.14. The lowest BCUT2D eigenvalue weighted by molar-refractivity contribution is -0.113. The predicted octanol–water partition coefficient (Wildman–Crippen LogP) is 5.07. The number of hydrogen-bond donors (Lipinski definition) is 2. The summed E-state index contributed by atoms with van der Waals surface area (Å²) in [7, 11) is 1.83. The molecular formula is C24H28IN5O2S. The Labute approximate surface area is 212 Å². The molecule has 0 aliphatic heterocycles. The molecule has 0 aliphatic rings. The monoisotopic (exact) mass is 577 g/mol. The van der Waals surface area contributed by atoms with Gasteiger partial charge in [-0.1, -0.05) is 43.3 Å². The van der Waals surface area contributed by atoms with E-state index >= 15 is 0 Å². The van der Waals surface area contributed by atoms with Gasteiger partial charge in [-0.05, 0) is 78.3 Å². The minimum absolute atomic E-state index is 0.103. The third-order valence-electron chi connectivity index (χ3n) is 5.16. The second-order valence-corrected chi connectivity index (χ2v) is 10.4. The number of thioether (sulfide) groups is 1. The van der Waals surface area contributed by atoms with Crippen LogP contribution in [-0.4, -0.2) is 32.3 Å². The molecule has 33 heavy (non-hydrogen) atoms. The molecule has 0 spiro atoms. The molecule has 1 aromatic heterocycles. The molecule has 0 saturated carbocycles. The summed E-state index contributed by atoms with van der Waals surface area (Å²) in [6.07, 6.45) is 0. The zero-order valence-electron chi connectivity index (χ0n) is 19.3. The van der Waals surface area contributed by atoms with Crippen LogP contribution < -0.4 is 10.6 Å². The molecule has 9 heteroatoms. The number of aromatic nitrogens is 3. The quantitative estimate of drug-likeness (QED) is 0.288. The lowest BCUT2D eigenvalue weighted by Crippen LogP contribution is -2.28. The number of nitrogens with one attached hydrogen (secondary N) is 2. The van der Waals surface area contributed by atoms with Gasteiger partial charge in [0, 0.05) is 21.9 Å². The molecule has 2 amide bonds. The minimum atomic E-state index is -0.333. The number of halogens is 1. The fraction of sp³-hybridized carbons (Fsp3) is 0.333. The minimum Gasteiger partial charge on any atom is -0.342 e. The second kappa shape index (κ2) is 11.1. The van der Waals surface area contributed by atoms with Crippen molar-refractivity contribution in [1.29, 1.82) is 0 Å². The number of amides is 2. The first kappa shape index (κ1) is 25.2. The van der Waals surface area contributed by atoms with Gasteiger partial charge in [0.2, 0.25) is 5.91 Å². The van der Waals surface area contributed by atoms with Crippen molar-refractivity contribution < 1.29 is 9.59 Å². The average molecular weight is 577 g/mol. The van der Waals surface area contributed by atoms with Crippen molar-refractivity contribution in [2.24, 2.45) is 7.05 Å². The van der Waals surface area contributed by atoms with E-state index in [-0.39, 0.29) is 23.6 Å². The SMILES string of the molecule is Cc1ccc(C(=O)N[C@H](C)c2nnc(SCC(=O)Nc3ccc(I)cc3C(C)C)n2C)cc1. The highest BCUT2D eigenvalue weighted by Gasteiger charge is 2.19. The van der Waals surface area contributed by atoms with Crippen LogP contribution in [0, 0.1) is 10.5 Å². The van der Waals surface area contributed by atoms with Gasteiger partial charge in [0.1, 0.15) is 0 Å². The van der Waals surface area contributed by atoms with Crippen molar-refractivity contribution in [3.05, 3.63) is 68.5 Å². The number of nitrogens with zero attached hydrogens (tertiary/aromatic N) is 3. The third-order valence-corrected chi connectivity index (χ3v) is 6.85. The molecule has 0 aliphatic carbocycles. The van der Waals surface area contributed by atoms with Crippen LogP contribution in [0.25, 0.3) is 0 Å². The van der Waals surface area contributed by atoms with Crippen LogP contribution in [-0.2, 0) is 11.8 Å². The zero-order valence-corrected chi connectivity index (χ0v) is 22.3. The highest BCUT2D eigenvalue weighted by atomic mass is 127. The van der Waals surface area contributed by atoms with Crippen molar-refractivity contribution in [2.75, 3.05) is 11.1 Å². The largest absolute Gasteiger partial charge is 0.342 e. The Morgan fingerprint density at radius 3 is 2.45 bits per heavy atom. The van der Waals surface area contributed by atoms with Crippen LogP contribution in [0.5, 0.6) is 0 Å². The van der Waals surface area contributed by atoms with Gasteiger partial charge in [-0.2, -0.15) is 0 Å². The van der Waals surface area contributed by atoms with Crippen LogP contribution in [0.4, 0.5) is 5.69 Å². The normalized spacial score (nSPS) is 12.0. The van der Waals surface area contributed by atoms with E-state index in [1.165, 1.54) is 11.8 Å². The zero-order chi connectivity index (χ0) is 24.1.